The molecule has 1 aromatic carbocycles. The molecule has 1 aliphatic heterocycles. The van der Waals surface area contributed by atoms with Gasteiger partial charge in [0.15, 0.2) is 5.65 Å². The topological polar surface area (TPSA) is 54.2 Å². The molecule has 5 nitrogen and oxygen atoms in total. The summed E-state index contributed by atoms with van der Waals surface area (Å²) in [5.74, 6) is 0.585. The molecule has 3 heterocycles. The molecule has 4 rings (SSSR count). The lowest BCUT2D eigenvalue weighted by Gasteiger charge is -2.25. The van der Waals surface area contributed by atoms with Crippen LogP contribution in [0.5, 0.6) is 0 Å². The van der Waals surface area contributed by atoms with Gasteiger partial charge in [0.25, 0.3) is 0 Å². The lowest BCUT2D eigenvalue weighted by atomic mass is 10.1. The van der Waals surface area contributed by atoms with Gasteiger partial charge in [0, 0.05) is 23.7 Å². The number of nitrogens with one attached hydrogen (secondary N) is 2. The minimum absolute atomic E-state index is 0.267. The Morgan fingerprint density at radius 3 is 2.83 bits per heavy atom. The highest BCUT2D eigenvalue weighted by Crippen LogP contribution is 2.25. The maximum atomic E-state index is 14.1. The van der Waals surface area contributed by atoms with E-state index in [1.54, 1.807) is 22.8 Å². The highest BCUT2D eigenvalue weighted by Gasteiger charge is 2.16. The fraction of sp³-hybridized carbons (Fsp3) is 0.294. The smallest absolute Gasteiger partial charge is 0.157 e. The van der Waals surface area contributed by atoms with Gasteiger partial charge in [-0.1, -0.05) is 12.1 Å². The zero-order valence-corrected chi connectivity index (χ0v) is 12.7. The molecule has 1 aliphatic rings. The number of rotatable bonds is 3. The van der Waals surface area contributed by atoms with Crippen molar-refractivity contribution in [1.29, 1.82) is 0 Å². The highest BCUT2D eigenvalue weighted by molar-refractivity contribution is 5.67. The second-order valence-corrected chi connectivity index (χ2v) is 5.78. The zero-order chi connectivity index (χ0) is 15.6. The third-order valence-electron chi connectivity index (χ3n) is 4.20. The summed E-state index contributed by atoms with van der Waals surface area (Å²) >= 11 is 0. The first-order valence-electron chi connectivity index (χ1n) is 7.88. The minimum Gasteiger partial charge on any atom is -0.367 e. The second-order valence-electron chi connectivity index (χ2n) is 5.78. The number of benzene rings is 1. The van der Waals surface area contributed by atoms with E-state index in [0.29, 0.717) is 22.9 Å². The molecule has 0 spiro atoms. The Morgan fingerprint density at radius 1 is 1.17 bits per heavy atom. The number of nitrogens with zero attached hydrogens (tertiary/aromatic N) is 3. The molecule has 23 heavy (non-hydrogen) atoms. The number of aromatic nitrogens is 3. The fourth-order valence-corrected chi connectivity index (χ4v) is 3.00. The molecule has 0 radical (unpaired) electrons. The van der Waals surface area contributed by atoms with E-state index < -0.39 is 0 Å². The van der Waals surface area contributed by atoms with Crippen molar-refractivity contribution in [3.8, 4) is 11.3 Å². The van der Waals surface area contributed by atoms with Gasteiger partial charge < -0.3 is 10.6 Å². The largest absolute Gasteiger partial charge is 0.367 e. The molecule has 0 bridgehead atoms. The Morgan fingerprint density at radius 2 is 2.00 bits per heavy atom. The Kier molecular flexibility index (Phi) is 3.67. The average molecular weight is 311 g/mol. The predicted molar refractivity (Wildman–Crippen MR) is 87.9 cm³/mol. The first-order chi connectivity index (χ1) is 11.3. The molecular weight excluding hydrogens is 293 g/mol. The maximum Gasteiger partial charge on any atom is 0.157 e. The van der Waals surface area contributed by atoms with Crippen molar-refractivity contribution in [3.63, 3.8) is 0 Å². The van der Waals surface area contributed by atoms with Crippen LogP contribution in [-0.2, 0) is 0 Å². The van der Waals surface area contributed by atoms with E-state index >= 15 is 0 Å². The summed E-state index contributed by atoms with van der Waals surface area (Å²) in [5, 5.41) is 11.2. The molecular formula is C17H18FN5. The lowest BCUT2D eigenvalue weighted by Crippen LogP contribution is -2.35. The van der Waals surface area contributed by atoms with Gasteiger partial charge in [-0.3, -0.25) is 0 Å². The molecule has 2 N–H and O–H groups in total. The number of halogens is 1. The second kappa shape index (κ2) is 5.96. The first kappa shape index (κ1) is 14.1. The molecule has 0 saturated carbocycles. The van der Waals surface area contributed by atoms with E-state index in [2.05, 4.69) is 20.7 Å². The van der Waals surface area contributed by atoms with Gasteiger partial charge >= 0.3 is 0 Å². The fourth-order valence-electron chi connectivity index (χ4n) is 3.00. The molecule has 1 fully saturated rings. The van der Waals surface area contributed by atoms with E-state index in [9.17, 15) is 4.39 Å². The molecule has 0 atom stereocenters. The van der Waals surface area contributed by atoms with Crippen LogP contribution in [0.4, 0.5) is 10.2 Å². The molecule has 0 aliphatic carbocycles. The van der Waals surface area contributed by atoms with Crippen LogP contribution in [-0.4, -0.2) is 33.7 Å². The summed E-state index contributed by atoms with van der Waals surface area (Å²) < 4.78 is 15.9. The highest BCUT2D eigenvalue weighted by atomic mass is 19.1. The first-order valence-corrected chi connectivity index (χ1v) is 7.88. The Labute approximate surface area is 133 Å². The Hall–Kier alpha value is -2.47. The van der Waals surface area contributed by atoms with Gasteiger partial charge in [-0.25, -0.2) is 9.37 Å². The lowest BCUT2D eigenvalue weighted by molar-refractivity contribution is 0.477. The van der Waals surface area contributed by atoms with Crippen molar-refractivity contribution in [2.24, 2.45) is 0 Å². The third-order valence-corrected chi connectivity index (χ3v) is 4.20. The SMILES string of the molecule is Fc1ccccc1-c1cc(NC2CCNCC2)n2nccc2n1. The van der Waals surface area contributed by atoms with Crippen LogP contribution >= 0.6 is 0 Å². The van der Waals surface area contributed by atoms with Crippen molar-refractivity contribution in [2.45, 2.75) is 18.9 Å². The summed E-state index contributed by atoms with van der Waals surface area (Å²) in [6, 6.07) is 10.8. The van der Waals surface area contributed by atoms with Crippen LogP contribution in [0.1, 0.15) is 12.8 Å². The summed E-state index contributed by atoms with van der Waals surface area (Å²) in [6.07, 6.45) is 3.82. The van der Waals surface area contributed by atoms with Crippen LogP contribution in [0, 0.1) is 5.82 Å². The van der Waals surface area contributed by atoms with E-state index in [1.165, 1.54) is 6.07 Å². The van der Waals surface area contributed by atoms with Gasteiger partial charge in [-0.2, -0.15) is 9.61 Å². The molecule has 2 aromatic heterocycles. The molecule has 3 aromatic rings. The third kappa shape index (κ3) is 2.77. The van der Waals surface area contributed by atoms with Gasteiger partial charge in [-0.05, 0) is 38.1 Å². The molecule has 118 valence electrons. The number of anilines is 1. The standard InChI is InChI=1S/C17H18FN5/c18-14-4-2-1-3-13(14)15-11-17(21-12-5-8-19-9-6-12)23-16(22-15)7-10-20-23/h1-4,7,10-12,19,21H,5-6,8-9H2. The van der Waals surface area contributed by atoms with E-state index in [-0.39, 0.29) is 5.82 Å². The predicted octanol–water partition coefficient (Wildman–Crippen LogP) is 2.70. The number of hydrogen-bond donors (Lipinski definition) is 2. The van der Waals surface area contributed by atoms with Crippen LogP contribution in [0.2, 0.25) is 0 Å². The van der Waals surface area contributed by atoms with E-state index in [0.717, 1.165) is 31.7 Å². The normalized spacial score (nSPS) is 15.9. The van der Waals surface area contributed by atoms with E-state index in [1.807, 2.05) is 18.2 Å². The van der Waals surface area contributed by atoms with Gasteiger partial charge in [0.1, 0.15) is 11.6 Å². The number of fused-ring (bicyclic) bond motifs is 1. The summed E-state index contributed by atoms with van der Waals surface area (Å²) in [6.45, 7) is 2.01. The monoisotopic (exact) mass is 311 g/mol. The van der Waals surface area contributed by atoms with Crippen molar-refractivity contribution >= 4 is 11.5 Å². The van der Waals surface area contributed by atoms with Crippen LogP contribution < -0.4 is 10.6 Å². The summed E-state index contributed by atoms with van der Waals surface area (Å²) in [4.78, 5) is 4.53. The van der Waals surface area contributed by atoms with Crippen molar-refractivity contribution in [2.75, 3.05) is 18.4 Å². The molecule has 0 amide bonds. The van der Waals surface area contributed by atoms with Crippen molar-refractivity contribution in [3.05, 3.63) is 48.4 Å². The number of hydrogen-bond acceptors (Lipinski definition) is 4. The average Bonchev–Trinajstić information content (AvgIpc) is 3.05. The van der Waals surface area contributed by atoms with E-state index in [4.69, 9.17) is 0 Å². The molecule has 6 heteroatoms. The maximum absolute atomic E-state index is 14.1. The number of piperidine rings is 1. The Balaban J connectivity index is 1.76. The van der Waals surface area contributed by atoms with Crippen LogP contribution in [0.3, 0.4) is 0 Å². The van der Waals surface area contributed by atoms with Gasteiger partial charge in [0.05, 0.1) is 11.9 Å². The quantitative estimate of drug-likeness (QED) is 0.781. The van der Waals surface area contributed by atoms with Crippen LogP contribution in [0.25, 0.3) is 16.9 Å². The van der Waals surface area contributed by atoms with Crippen molar-refractivity contribution in [1.82, 2.24) is 19.9 Å². The van der Waals surface area contributed by atoms with Crippen molar-refractivity contribution < 1.29 is 4.39 Å². The van der Waals surface area contributed by atoms with Crippen LogP contribution in [0.15, 0.2) is 42.6 Å². The summed E-state index contributed by atoms with van der Waals surface area (Å²) in [7, 11) is 0. The summed E-state index contributed by atoms with van der Waals surface area (Å²) in [5.41, 5.74) is 1.83. The minimum atomic E-state index is -0.267. The Bertz CT molecular complexity index is 823. The molecule has 1 saturated heterocycles. The van der Waals surface area contributed by atoms with Gasteiger partial charge in [0.2, 0.25) is 0 Å². The van der Waals surface area contributed by atoms with Gasteiger partial charge in [-0.15, -0.1) is 0 Å². The zero-order valence-electron chi connectivity index (χ0n) is 12.7. The molecule has 0 unspecified atom stereocenters.